The molecule has 0 aliphatic heterocycles. The molecule has 0 aromatic carbocycles. The van der Waals surface area contributed by atoms with E-state index in [4.69, 9.17) is 0 Å². The third-order valence-corrected chi connectivity index (χ3v) is 2.86. The Morgan fingerprint density at radius 3 is 2.55 bits per heavy atom. The quantitative estimate of drug-likeness (QED) is 0.643. The summed E-state index contributed by atoms with van der Waals surface area (Å²) in [6.45, 7) is 4.49. The number of thiophene rings is 1. The number of rotatable bonds is 4. The van der Waals surface area contributed by atoms with Gasteiger partial charge in [-0.05, 0) is 29.9 Å². The molecule has 0 radical (unpaired) electrons. The van der Waals surface area contributed by atoms with Gasteiger partial charge >= 0.3 is 0 Å². The Balaban J connectivity index is 2.62. The summed E-state index contributed by atoms with van der Waals surface area (Å²) in [7, 11) is 0. The molecule has 1 heteroatoms. The minimum atomic E-state index is 1.26. The summed E-state index contributed by atoms with van der Waals surface area (Å²) in [4.78, 5) is 1.61. The average molecular weight is 168 g/mol. The molecule has 0 atom stereocenters. The van der Waals surface area contributed by atoms with Crippen molar-refractivity contribution in [1.29, 1.82) is 0 Å². The van der Waals surface area contributed by atoms with E-state index in [0.29, 0.717) is 0 Å². The summed E-state index contributed by atoms with van der Waals surface area (Å²) in [5, 5.41) is 2.22. The van der Waals surface area contributed by atoms with Crippen LogP contribution in [0.15, 0.2) is 11.4 Å². The molecule has 62 valence electrons. The van der Waals surface area contributed by atoms with E-state index in [1.54, 1.807) is 10.4 Å². The molecule has 0 saturated heterocycles. The van der Waals surface area contributed by atoms with Crippen molar-refractivity contribution in [1.82, 2.24) is 0 Å². The Morgan fingerprint density at radius 1 is 1.18 bits per heavy atom. The van der Waals surface area contributed by atoms with E-state index in [2.05, 4.69) is 25.3 Å². The van der Waals surface area contributed by atoms with Crippen molar-refractivity contribution in [3.05, 3.63) is 21.9 Å². The van der Waals surface area contributed by atoms with Gasteiger partial charge < -0.3 is 0 Å². The number of hydrogen-bond acceptors (Lipinski definition) is 1. The predicted octanol–water partition coefficient (Wildman–Crippen LogP) is 3.65. The van der Waals surface area contributed by atoms with Gasteiger partial charge in [-0.1, -0.05) is 26.7 Å². The Morgan fingerprint density at radius 2 is 1.91 bits per heavy atom. The smallest absolute Gasteiger partial charge is 0.00771 e. The highest BCUT2D eigenvalue weighted by Gasteiger charge is 2.00. The topological polar surface area (TPSA) is 0 Å². The third-order valence-electron chi connectivity index (χ3n) is 1.83. The molecular formula is C10H16S. The maximum absolute atomic E-state index is 2.28. The summed E-state index contributed by atoms with van der Waals surface area (Å²) < 4.78 is 0. The molecule has 0 nitrogen and oxygen atoms in total. The van der Waals surface area contributed by atoms with Crippen molar-refractivity contribution < 1.29 is 0 Å². The molecule has 0 aliphatic rings. The zero-order chi connectivity index (χ0) is 8.10. The minimum absolute atomic E-state index is 1.26. The molecule has 0 fully saturated rings. The molecule has 1 heterocycles. The lowest BCUT2D eigenvalue weighted by Crippen LogP contribution is -1.86. The fourth-order valence-electron chi connectivity index (χ4n) is 1.31. The Kier molecular flexibility index (Phi) is 3.64. The zero-order valence-electron chi connectivity index (χ0n) is 7.39. The van der Waals surface area contributed by atoms with E-state index in [0.717, 1.165) is 0 Å². The van der Waals surface area contributed by atoms with E-state index in [1.807, 2.05) is 11.3 Å². The number of aryl methyl sites for hydroxylation is 2. The van der Waals surface area contributed by atoms with Crippen molar-refractivity contribution in [2.75, 3.05) is 0 Å². The third kappa shape index (κ3) is 2.33. The van der Waals surface area contributed by atoms with Crippen LogP contribution in [0.5, 0.6) is 0 Å². The first-order chi connectivity index (χ1) is 5.38. The van der Waals surface area contributed by atoms with E-state index in [-0.39, 0.29) is 0 Å². The maximum Gasteiger partial charge on any atom is 0.00771 e. The molecule has 11 heavy (non-hydrogen) atoms. The summed E-state index contributed by atoms with van der Waals surface area (Å²) in [5.41, 5.74) is 1.58. The maximum atomic E-state index is 2.28. The SMILES string of the molecule is CCCc1ccsc1CCC. The van der Waals surface area contributed by atoms with Crippen LogP contribution < -0.4 is 0 Å². The van der Waals surface area contributed by atoms with Crippen LogP contribution in [0.1, 0.15) is 37.1 Å². The van der Waals surface area contributed by atoms with Crippen LogP contribution in [0.4, 0.5) is 0 Å². The van der Waals surface area contributed by atoms with Gasteiger partial charge in [0.1, 0.15) is 0 Å². The van der Waals surface area contributed by atoms with Gasteiger partial charge in [0.2, 0.25) is 0 Å². The first-order valence-corrected chi connectivity index (χ1v) is 5.31. The van der Waals surface area contributed by atoms with Gasteiger partial charge in [0.15, 0.2) is 0 Å². The summed E-state index contributed by atoms with van der Waals surface area (Å²) in [6, 6.07) is 2.28. The van der Waals surface area contributed by atoms with Crippen LogP contribution in [-0.2, 0) is 12.8 Å². The first-order valence-electron chi connectivity index (χ1n) is 4.43. The van der Waals surface area contributed by atoms with Gasteiger partial charge in [-0.15, -0.1) is 11.3 Å². The lowest BCUT2D eigenvalue weighted by molar-refractivity contribution is 0.878. The first kappa shape index (κ1) is 8.79. The van der Waals surface area contributed by atoms with Crippen LogP contribution in [0, 0.1) is 0 Å². The average Bonchev–Trinajstić information content (AvgIpc) is 2.39. The Bertz CT molecular complexity index is 180. The van der Waals surface area contributed by atoms with Crippen molar-refractivity contribution in [3.8, 4) is 0 Å². The summed E-state index contributed by atoms with van der Waals surface area (Å²) in [6.07, 6.45) is 5.08. The Labute approximate surface area is 73.3 Å². The second kappa shape index (κ2) is 4.55. The highest BCUT2D eigenvalue weighted by molar-refractivity contribution is 7.10. The molecule has 0 bridgehead atoms. The van der Waals surface area contributed by atoms with Gasteiger partial charge in [0.25, 0.3) is 0 Å². The van der Waals surface area contributed by atoms with Gasteiger partial charge in [-0.2, -0.15) is 0 Å². The van der Waals surface area contributed by atoms with Crippen molar-refractivity contribution in [2.24, 2.45) is 0 Å². The highest BCUT2D eigenvalue weighted by atomic mass is 32.1. The van der Waals surface area contributed by atoms with Crippen molar-refractivity contribution in [3.63, 3.8) is 0 Å². The Hall–Kier alpha value is -0.300. The molecule has 0 N–H and O–H groups in total. The van der Waals surface area contributed by atoms with E-state index >= 15 is 0 Å². The highest BCUT2D eigenvalue weighted by Crippen LogP contribution is 2.19. The molecule has 0 aliphatic carbocycles. The van der Waals surface area contributed by atoms with Gasteiger partial charge in [-0.25, -0.2) is 0 Å². The zero-order valence-corrected chi connectivity index (χ0v) is 8.21. The molecule has 0 unspecified atom stereocenters. The van der Waals surface area contributed by atoms with Crippen LogP contribution >= 0.6 is 11.3 Å². The van der Waals surface area contributed by atoms with E-state index in [9.17, 15) is 0 Å². The lowest BCUT2D eigenvalue weighted by atomic mass is 10.1. The monoisotopic (exact) mass is 168 g/mol. The minimum Gasteiger partial charge on any atom is -0.149 e. The molecule has 1 aromatic rings. The largest absolute Gasteiger partial charge is 0.149 e. The van der Waals surface area contributed by atoms with Crippen LogP contribution in [-0.4, -0.2) is 0 Å². The predicted molar refractivity (Wildman–Crippen MR) is 52.3 cm³/mol. The van der Waals surface area contributed by atoms with E-state index in [1.165, 1.54) is 25.7 Å². The van der Waals surface area contributed by atoms with Gasteiger partial charge in [-0.3, -0.25) is 0 Å². The van der Waals surface area contributed by atoms with Crippen LogP contribution in [0.25, 0.3) is 0 Å². The molecule has 0 spiro atoms. The van der Waals surface area contributed by atoms with Crippen LogP contribution in [0.2, 0.25) is 0 Å². The fourth-order valence-corrected chi connectivity index (χ4v) is 2.35. The van der Waals surface area contributed by atoms with Gasteiger partial charge in [0.05, 0.1) is 0 Å². The second-order valence-electron chi connectivity index (χ2n) is 2.87. The lowest BCUT2D eigenvalue weighted by Gasteiger charge is -1.98. The second-order valence-corrected chi connectivity index (χ2v) is 3.87. The molecule has 0 amide bonds. The van der Waals surface area contributed by atoms with E-state index < -0.39 is 0 Å². The summed E-state index contributed by atoms with van der Waals surface area (Å²) >= 11 is 1.91. The molecule has 1 aromatic heterocycles. The molecule has 1 rings (SSSR count). The number of hydrogen-bond donors (Lipinski definition) is 0. The molecular weight excluding hydrogens is 152 g/mol. The molecule has 0 saturated carbocycles. The fraction of sp³-hybridized carbons (Fsp3) is 0.600. The van der Waals surface area contributed by atoms with Crippen molar-refractivity contribution >= 4 is 11.3 Å². The van der Waals surface area contributed by atoms with Crippen molar-refractivity contribution in [2.45, 2.75) is 39.5 Å². The normalized spacial score (nSPS) is 10.4. The summed E-state index contributed by atoms with van der Waals surface area (Å²) in [5.74, 6) is 0. The van der Waals surface area contributed by atoms with Crippen LogP contribution in [0.3, 0.4) is 0 Å². The van der Waals surface area contributed by atoms with Gasteiger partial charge in [0, 0.05) is 4.88 Å². The standard InChI is InChI=1S/C10H16S/c1-3-5-9-7-8-11-10(9)6-4-2/h7-8H,3-6H2,1-2H3.